The van der Waals surface area contributed by atoms with Crippen molar-refractivity contribution in [3.05, 3.63) is 35.5 Å². The van der Waals surface area contributed by atoms with Crippen LogP contribution in [0, 0.1) is 0 Å². The van der Waals surface area contributed by atoms with Crippen molar-refractivity contribution < 1.29 is 4.74 Å². The molecule has 1 aromatic carbocycles. The zero-order valence-electron chi connectivity index (χ0n) is 8.22. The Morgan fingerprint density at radius 1 is 1.12 bits per heavy atom. The molecule has 0 amide bonds. The summed E-state index contributed by atoms with van der Waals surface area (Å²) in [4.78, 5) is 7.57. The highest BCUT2D eigenvalue weighted by molar-refractivity contribution is 6.30. The van der Waals surface area contributed by atoms with Crippen molar-refractivity contribution >= 4 is 23.4 Å². The first-order valence-electron chi connectivity index (χ1n) is 4.46. The van der Waals surface area contributed by atoms with Crippen LogP contribution in [0.1, 0.15) is 0 Å². The lowest BCUT2D eigenvalue weighted by molar-refractivity contribution is 0.481. The summed E-state index contributed by atoms with van der Waals surface area (Å²) in [5.41, 5.74) is 11.0. The van der Waals surface area contributed by atoms with E-state index in [4.69, 9.17) is 27.8 Å². The second kappa shape index (κ2) is 4.24. The Labute approximate surface area is 97.0 Å². The van der Waals surface area contributed by atoms with Crippen LogP contribution in [-0.4, -0.2) is 9.97 Å². The number of hydrogen-bond acceptors (Lipinski definition) is 5. The van der Waals surface area contributed by atoms with Crippen molar-refractivity contribution in [3.63, 3.8) is 0 Å². The molecule has 0 radical (unpaired) electrons. The van der Waals surface area contributed by atoms with Gasteiger partial charge in [-0.15, -0.1) is 0 Å². The molecular formula is C10H9ClN4O. The van der Waals surface area contributed by atoms with Crippen molar-refractivity contribution in [1.29, 1.82) is 0 Å². The number of nitrogens with zero attached hydrogens (tertiary/aromatic N) is 2. The Morgan fingerprint density at radius 2 is 1.81 bits per heavy atom. The van der Waals surface area contributed by atoms with Gasteiger partial charge in [-0.05, 0) is 24.3 Å². The molecule has 0 saturated carbocycles. The van der Waals surface area contributed by atoms with Crippen LogP contribution in [0.4, 0.5) is 11.8 Å². The van der Waals surface area contributed by atoms with Crippen molar-refractivity contribution in [2.45, 2.75) is 0 Å². The van der Waals surface area contributed by atoms with Gasteiger partial charge in [-0.3, -0.25) is 0 Å². The van der Waals surface area contributed by atoms with E-state index in [-0.39, 0.29) is 11.8 Å². The van der Waals surface area contributed by atoms with E-state index in [1.807, 2.05) is 0 Å². The third-order valence-electron chi connectivity index (χ3n) is 1.84. The molecule has 2 rings (SSSR count). The van der Waals surface area contributed by atoms with E-state index in [2.05, 4.69) is 9.97 Å². The number of aromatic nitrogens is 2. The predicted molar refractivity (Wildman–Crippen MR) is 62.4 cm³/mol. The first-order valence-corrected chi connectivity index (χ1v) is 4.84. The number of rotatable bonds is 2. The van der Waals surface area contributed by atoms with Gasteiger partial charge in [0.2, 0.25) is 5.95 Å². The van der Waals surface area contributed by atoms with E-state index in [9.17, 15) is 0 Å². The summed E-state index contributed by atoms with van der Waals surface area (Å²) < 4.78 is 5.45. The summed E-state index contributed by atoms with van der Waals surface area (Å²) in [7, 11) is 0. The van der Waals surface area contributed by atoms with Crippen molar-refractivity contribution in [3.8, 4) is 11.5 Å². The standard InChI is InChI=1S/C10H9ClN4O/c11-6-1-3-7(4-2-6)16-8-5-14-10(13)15-9(8)12/h1-5H,(H4,12,13,14,15). The Kier molecular flexibility index (Phi) is 2.78. The molecule has 4 N–H and O–H groups in total. The SMILES string of the molecule is Nc1ncc(Oc2ccc(Cl)cc2)c(N)n1. The maximum Gasteiger partial charge on any atom is 0.222 e. The van der Waals surface area contributed by atoms with Gasteiger partial charge in [-0.1, -0.05) is 11.6 Å². The van der Waals surface area contributed by atoms with Gasteiger partial charge in [-0.25, -0.2) is 4.98 Å². The van der Waals surface area contributed by atoms with Gasteiger partial charge in [-0.2, -0.15) is 4.98 Å². The van der Waals surface area contributed by atoms with Gasteiger partial charge in [0.05, 0.1) is 6.20 Å². The minimum atomic E-state index is 0.112. The molecule has 0 saturated heterocycles. The predicted octanol–water partition coefficient (Wildman–Crippen LogP) is 2.09. The summed E-state index contributed by atoms with van der Waals surface area (Å²) in [5.74, 6) is 1.27. The first-order chi connectivity index (χ1) is 7.65. The van der Waals surface area contributed by atoms with Crippen LogP contribution in [0.5, 0.6) is 11.5 Å². The topological polar surface area (TPSA) is 87.0 Å². The third kappa shape index (κ3) is 2.32. The van der Waals surface area contributed by atoms with Gasteiger partial charge in [0.1, 0.15) is 5.75 Å². The summed E-state index contributed by atoms with van der Waals surface area (Å²) >= 11 is 5.75. The maximum atomic E-state index is 5.75. The van der Waals surface area contributed by atoms with Crippen molar-refractivity contribution in [1.82, 2.24) is 9.97 Å². The first kappa shape index (κ1) is 10.5. The fraction of sp³-hybridized carbons (Fsp3) is 0. The molecule has 0 aliphatic carbocycles. The number of halogens is 1. The van der Waals surface area contributed by atoms with E-state index in [1.54, 1.807) is 24.3 Å². The minimum Gasteiger partial charge on any atom is -0.452 e. The highest BCUT2D eigenvalue weighted by atomic mass is 35.5. The van der Waals surface area contributed by atoms with Gasteiger partial charge in [0.25, 0.3) is 0 Å². The van der Waals surface area contributed by atoms with Crippen molar-refractivity contribution in [2.24, 2.45) is 0 Å². The maximum absolute atomic E-state index is 5.75. The largest absolute Gasteiger partial charge is 0.452 e. The summed E-state index contributed by atoms with van der Waals surface area (Å²) in [6, 6.07) is 6.87. The lowest BCUT2D eigenvalue weighted by atomic mass is 10.3. The lowest BCUT2D eigenvalue weighted by Crippen LogP contribution is -2.01. The average molecular weight is 237 g/mol. The number of hydrogen-bond donors (Lipinski definition) is 2. The molecular weight excluding hydrogens is 228 g/mol. The van der Waals surface area contributed by atoms with Crippen LogP contribution in [0.3, 0.4) is 0 Å². The lowest BCUT2D eigenvalue weighted by Gasteiger charge is -2.07. The Hall–Kier alpha value is -2.01. The second-order valence-electron chi connectivity index (χ2n) is 3.03. The molecule has 16 heavy (non-hydrogen) atoms. The second-order valence-corrected chi connectivity index (χ2v) is 3.47. The highest BCUT2D eigenvalue weighted by Crippen LogP contribution is 2.26. The van der Waals surface area contributed by atoms with Crippen LogP contribution < -0.4 is 16.2 Å². The highest BCUT2D eigenvalue weighted by Gasteiger charge is 2.04. The van der Waals surface area contributed by atoms with Crippen LogP contribution in [-0.2, 0) is 0 Å². The molecule has 0 atom stereocenters. The van der Waals surface area contributed by atoms with Gasteiger partial charge >= 0.3 is 0 Å². The third-order valence-corrected chi connectivity index (χ3v) is 2.09. The normalized spacial score (nSPS) is 10.1. The smallest absolute Gasteiger partial charge is 0.222 e. The molecule has 2 aromatic rings. The van der Waals surface area contributed by atoms with Crippen LogP contribution in [0.2, 0.25) is 5.02 Å². The molecule has 1 heterocycles. The Bertz CT molecular complexity index is 501. The minimum absolute atomic E-state index is 0.112. The van der Waals surface area contributed by atoms with E-state index < -0.39 is 0 Å². The number of benzene rings is 1. The summed E-state index contributed by atoms with van der Waals surface area (Å²) in [6.45, 7) is 0. The van der Waals surface area contributed by atoms with Crippen LogP contribution in [0.25, 0.3) is 0 Å². The van der Waals surface area contributed by atoms with Crippen molar-refractivity contribution in [2.75, 3.05) is 11.5 Å². The number of nitrogens with two attached hydrogens (primary N) is 2. The monoisotopic (exact) mass is 236 g/mol. The zero-order chi connectivity index (χ0) is 11.5. The Morgan fingerprint density at radius 3 is 2.44 bits per heavy atom. The molecule has 82 valence electrons. The number of ether oxygens (including phenoxy) is 1. The molecule has 6 heteroatoms. The van der Waals surface area contributed by atoms with E-state index in [0.717, 1.165) is 0 Å². The molecule has 0 unspecified atom stereocenters. The van der Waals surface area contributed by atoms with E-state index in [1.165, 1.54) is 6.20 Å². The molecule has 0 fully saturated rings. The molecule has 0 spiro atoms. The quantitative estimate of drug-likeness (QED) is 0.834. The number of nitrogen functional groups attached to an aromatic ring is 2. The van der Waals surface area contributed by atoms with Gasteiger partial charge in [0, 0.05) is 5.02 Å². The van der Waals surface area contributed by atoms with Gasteiger partial charge < -0.3 is 16.2 Å². The van der Waals surface area contributed by atoms with E-state index >= 15 is 0 Å². The zero-order valence-corrected chi connectivity index (χ0v) is 8.98. The number of anilines is 2. The fourth-order valence-corrected chi connectivity index (χ4v) is 1.23. The average Bonchev–Trinajstić information content (AvgIpc) is 2.25. The molecule has 0 aliphatic heterocycles. The van der Waals surface area contributed by atoms with Crippen LogP contribution in [0.15, 0.2) is 30.5 Å². The van der Waals surface area contributed by atoms with Gasteiger partial charge in [0.15, 0.2) is 11.6 Å². The molecule has 0 aliphatic rings. The molecule has 0 bridgehead atoms. The molecule has 5 nitrogen and oxygen atoms in total. The van der Waals surface area contributed by atoms with E-state index in [0.29, 0.717) is 16.5 Å². The van der Waals surface area contributed by atoms with Crippen LogP contribution >= 0.6 is 11.6 Å². The fourth-order valence-electron chi connectivity index (χ4n) is 1.11. The Balaban J connectivity index is 2.23. The summed E-state index contributed by atoms with van der Waals surface area (Å²) in [5, 5.41) is 0.633. The molecule has 1 aromatic heterocycles. The summed E-state index contributed by atoms with van der Waals surface area (Å²) in [6.07, 6.45) is 1.42.